The van der Waals surface area contributed by atoms with Crippen LogP contribution in [0.2, 0.25) is 5.02 Å². The summed E-state index contributed by atoms with van der Waals surface area (Å²) in [6.07, 6.45) is 0.232. The standard InChI is InChI=1S/C14H7ClN2O2S/c15-9-1-2-12-8(5-9)6-10(14(18)19-12)11-7-20-13(17-11)3-4-16/h1-2,5-7H,3H2. The van der Waals surface area contributed by atoms with Gasteiger partial charge in [0.2, 0.25) is 0 Å². The van der Waals surface area contributed by atoms with Gasteiger partial charge in [0.1, 0.15) is 10.6 Å². The van der Waals surface area contributed by atoms with Crippen molar-refractivity contribution in [2.75, 3.05) is 0 Å². The molecule has 0 amide bonds. The van der Waals surface area contributed by atoms with Crippen LogP contribution in [0, 0.1) is 11.3 Å². The fraction of sp³-hybridized carbons (Fsp3) is 0.0714. The lowest BCUT2D eigenvalue weighted by Crippen LogP contribution is -2.02. The summed E-state index contributed by atoms with van der Waals surface area (Å²) in [5, 5.41) is 12.4. The van der Waals surface area contributed by atoms with Gasteiger partial charge in [-0.25, -0.2) is 9.78 Å². The van der Waals surface area contributed by atoms with E-state index in [0.29, 0.717) is 26.9 Å². The number of rotatable bonds is 2. The predicted octanol–water partition coefficient (Wildman–Crippen LogP) is 3.64. The van der Waals surface area contributed by atoms with Gasteiger partial charge >= 0.3 is 5.63 Å². The third kappa shape index (κ3) is 2.31. The molecule has 0 spiro atoms. The number of halogens is 1. The first-order valence-corrected chi connectivity index (χ1v) is 6.98. The van der Waals surface area contributed by atoms with E-state index in [1.165, 1.54) is 11.3 Å². The van der Waals surface area contributed by atoms with Gasteiger partial charge in [0.15, 0.2) is 0 Å². The van der Waals surface area contributed by atoms with Crippen LogP contribution >= 0.6 is 22.9 Å². The van der Waals surface area contributed by atoms with Crippen LogP contribution in [-0.4, -0.2) is 4.98 Å². The van der Waals surface area contributed by atoms with E-state index < -0.39 is 5.63 Å². The number of fused-ring (bicyclic) bond motifs is 1. The quantitative estimate of drug-likeness (QED) is 0.678. The zero-order valence-corrected chi connectivity index (χ0v) is 11.7. The molecule has 3 aromatic rings. The molecule has 0 radical (unpaired) electrons. The van der Waals surface area contributed by atoms with Crippen molar-refractivity contribution in [2.24, 2.45) is 0 Å². The number of hydrogen-bond acceptors (Lipinski definition) is 5. The molecule has 98 valence electrons. The van der Waals surface area contributed by atoms with Crippen LogP contribution in [-0.2, 0) is 6.42 Å². The van der Waals surface area contributed by atoms with E-state index in [2.05, 4.69) is 4.98 Å². The third-order valence-corrected chi connectivity index (χ3v) is 3.84. The lowest BCUT2D eigenvalue weighted by atomic mass is 10.1. The summed E-state index contributed by atoms with van der Waals surface area (Å²) in [4.78, 5) is 16.2. The minimum absolute atomic E-state index is 0.232. The molecule has 0 unspecified atom stereocenters. The Kier molecular flexibility index (Phi) is 3.26. The monoisotopic (exact) mass is 302 g/mol. The zero-order chi connectivity index (χ0) is 14.1. The molecule has 0 fully saturated rings. The van der Waals surface area contributed by atoms with Gasteiger partial charge in [-0.1, -0.05) is 11.6 Å². The van der Waals surface area contributed by atoms with E-state index in [0.717, 1.165) is 5.39 Å². The summed E-state index contributed by atoms with van der Waals surface area (Å²) in [5.74, 6) is 0. The second-order valence-electron chi connectivity index (χ2n) is 4.09. The molecule has 0 N–H and O–H groups in total. The molecule has 20 heavy (non-hydrogen) atoms. The normalized spacial score (nSPS) is 10.6. The smallest absolute Gasteiger partial charge is 0.345 e. The van der Waals surface area contributed by atoms with E-state index in [1.54, 1.807) is 29.6 Å². The number of thiazole rings is 1. The van der Waals surface area contributed by atoms with Crippen molar-refractivity contribution in [3.8, 4) is 17.3 Å². The SMILES string of the molecule is N#CCc1nc(-c2cc3cc(Cl)ccc3oc2=O)cs1. The number of aromatic nitrogens is 1. The number of nitrogens with zero attached hydrogens (tertiary/aromatic N) is 2. The Hall–Kier alpha value is -2.16. The Morgan fingerprint density at radius 1 is 1.40 bits per heavy atom. The maximum atomic E-state index is 12.0. The molecule has 0 aliphatic rings. The Morgan fingerprint density at radius 2 is 2.25 bits per heavy atom. The van der Waals surface area contributed by atoms with Crippen molar-refractivity contribution in [2.45, 2.75) is 6.42 Å². The van der Waals surface area contributed by atoms with Crippen molar-refractivity contribution in [1.29, 1.82) is 5.26 Å². The summed E-state index contributed by atoms with van der Waals surface area (Å²) in [6.45, 7) is 0. The largest absolute Gasteiger partial charge is 0.422 e. The molecule has 0 saturated carbocycles. The summed E-state index contributed by atoms with van der Waals surface area (Å²) in [6, 6.07) is 8.79. The van der Waals surface area contributed by atoms with E-state index in [4.69, 9.17) is 21.3 Å². The van der Waals surface area contributed by atoms with Gasteiger partial charge in [-0.05, 0) is 24.3 Å². The van der Waals surface area contributed by atoms with E-state index >= 15 is 0 Å². The number of nitriles is 1. The molecular weight excluding hydrogens is 296 g/mol. The van der Waals surface area contributed by atoms with Crippen LogP contribution in [0.25, 0.3) is 22.2 Å². The summed E-state index contributed by atoms with van der Waals surface area (Å²) in [7, 11) is 0. The maximum Gasteiger partial charge on any atom is 0.345 e. The molecule has 4 nitrogen and oxygen atoms in total. The highest BCUT2D eigenvalue weighted by Gasteiger charge is 2.11. The first-order chi connectivity index (χ1) is 9.67. The highest BCUT2D eigenvalue weighted by Crippen LogP contribution is 2.24. The van der Waals surface area contributed by atoms with Gasteiger partial charge in [0.05, 0.1) is 23.7 Å². The minimum atomic E-state index is -0.450. The highest BCUT2D eigenvalue weighted by molar-refractivity contribution is 7.10. The Labute approximate surface area is 122 Å². The van der Waals surface area contributed by atoms with Crippen LogP contribution in [0.1, 0.15) is 5.01 Å². The maximum absolute atomic E-state index is 12.0. The topological polar surface area (TPSA) is 66.9 Å². The van der Waals surface area contributed by atoms with E-state index in [1.807, 2.05) is 6.07 Å². The molecular formula is C14H7ClN2O2S. The molecule has 0 aliphatic heterocycles. The van der Waals surface area contributed by atoms with Crippen molar-refractivity contribution >= 4 is 33.9 Å². The van der Waals surface area contributed by atoms with Crippen molar-refractivity contribution in [1.82, 2.24) is 4.98 Å². The molecule has 0 aliphatic carbocycles. The molecule has 0 atom stereocenters. The average molecular weight is 303 g/mol. The van der Waals surface area contributed by atoms with Gasteiger partial charge in [-0.15, -0.1) is 11.3 Å². The first-order valence-electron chi connectivity index (χ1n) is 5.72. The Balaban J connectivity index is 2.17. The van der Waals surface area contributed by atoms with Gasteiger partial charge in [0, 0.05) is 15.8 Å². The average Bonchev–Trinajstić information content (AvgIpc) is 2.87. The summed E-state index contributed by atoms with van der Waals surface area (Å²) in [5.41, 5.74) is 0.931. The van der Waals surface area contributed by atoms with Crippen LogP contribution in [0.5, 0.6) is 0 Å². The fourth-order valence-corrected chi connectivity index (χ4v) is 2.76. The second kappa shape index (κ2) is 5.08. The van der Waals surface area contributed by atoms with Gasteiger partial charge < -0.3 is 4.42 Å². The molecule has 2 heterocycles. The van der Waals surface area contributed by atoms with Crippen molar-refractivity contribution in [3.05, 3.63) is 50.1 Å². The van der Waals surface area contributed by atoms with Gasteiger partial charge in [-0.2, -0.15) is 5.26 Å². The first kappa shape index (κ1) is 12.9. The fourth-order valence-electron chi connectivity index (χ4n) is 1.86. The number of benzene rings is 1. The van der Waals surface area contributed by atoms with Crippen molar-refractivity contribution < 1.29 is 4.42 Å². The van der Waals surface area contributed by atoms with Gasteiger partial charge in [0.25, 0.3) is 0 Å². The lowest BCUT2D eigenvalue weighted by Gasteiger charge is -2.00. The predicted molar refractivity (Wildman–Crippen MR) is 77.9 cm³/mol. The molecule has 2 aromatic heterocycles. The molecule has 1 aromatic carbocycles. The van der Waals surface area contributed by atoms with Crippen LogP contribution in [0.3, 0.4) is 0 Å². The van der Waals surface area contributed by atoms with Crippen LogP contribution in [0.4, 0.5) is 0 Å². The van der Waals surface area contributed by atoms with Crippen LogP contribution in [0.15, 0.2) is 38.9 Å². The zero-order valence-electron chi connectivity index (χ0n) is 10.1. The Morgan fingerprint density at radius 3 is 3.05 bits per heavy atom. The second-order valence-corrected chi connectivity index (χ2v) is 5.47. The summed E-state index contributed by atoms with van der Waals surface area (Å²) < 4.78 is 5.26. The lowest BCUT2D eigenvalue weighted by molar-refractivity contribution is 0.563. The molecule has 0 bridgehead atoms. The van der Waals surface area contributed by atoms with Crippen molar-refractivity contribution in [3.63, 3.8) is 0 Å². The Bertz CT molecular complexity index is 892. The van der Waals surface area contributed by atoms with E-state index in [-0.39, 0.29) is 6.42 Å². The summed E-state index contributed by atoms with van der Waals surface area (Å²) >= 11 is 7.28. The molecule has 0 saturated heterocycles. The third-order valence-electron chi connectivity index (χ3n) is 2.75. The molecule has 3 rings (SSSR count). The molecule has 6 heteroatoms. The highest BCUT2D eigenvalue weighted by atomic mass is 35.5. The van der Waals surface area contributed by atoms with E-state index in [9.17, 15) is 4.79 Å². The minimum Gasteiger partial charge on any atom is -0.422 e. The number of hydrogen-bond donors (Lipinski definition) is 0. The van der Waals surface area contributed by atoms with Crippen LogP contribution < -0.4 is 5.63 Å². The van der Waals surface area contributed by atoms with Gasteiger partial charge in [-0.3, -0.25) is 0 Å².